The maximum absolute atomic E-state index is 13.9. The second-order valence-electron chi connectivity index (χ2n) is 9.35. The van der Waals surface area contributed by atoms with Crippen molar-refractivity contribution >= 4 is 18.3 Å². The molecule has 0 radical (unpaired) electrons. The summed E-state index contributed by atoms with van der Waals surface area (Å²) in [5.74, 6) is -4.82. The highest BCUT2D eigenvalue weighted by molar-refractivity contribution is 5.76. The fourth-order valence-electron chi connectivity index (χ4n) is 4.16. The van der Waals surface area contributed by atoms with Crippen LogP contribution >= 0.6 is 0 Å². The molecule has 0 aromatic heterocycles. The van der Waals surface area contributed by atoms with Crippen molar-refractivity contribution in [1.82, 2.24) is 16.0 Å². The van der Waals surface area contributed by atoms with E-state index in [-0.39, 0.29) is 29.6 Å². The van der Waals surface area contributed by atoms with E-state index < -0.39 is 34.6 Å². The maximum Gasteiger partial charge on any atom is 0.161 e. The molecule has 0 unspecified atom stereocenters. The van der Waals surface area contributed by atoms with Gasteiger partial charge in [0.25, 0.3) is 0 Å². The first kappa shape index (κ1) is 30.3. The van der Waals surface area contributed by atoms with Crippen LogP contribution in [0.5, 0.6) is 0 Å². The second kappa shape index (κ2) is 14.2. The lowest BCUT2D eigenvalue weighted by Crippen LogP contribution is -2.54. The molecule has 0 bridgehead atoms. The summed E-state index contributed by atoms with van der Waals surface area (Å²) >= 11 is 0. The molecule has 204 valence electrons. The van der Waals surface area contributed by atoms with Gasteiger partial charge in [-0.15, -0.1) is 0 Å². The minimum absolute atomic E-state index is 0.123. The monoisotopic (exact) mass is 528 g/mol. The van der Waals surface area contributed by atoms with Crippen molar-refractivity contribution in [2.24, 2.45) is 0 Å². The van der Waals surface area contributed by atoms with Gasteiger partial charge < -0.3 is 20.9 Å². The first-order chi connectivity index (χ1) is 17.4. The Bertz CT molecular complexity index is 1050. The van der Waals surface area contributed by atoms with Gasteiger partial charge >= 0.3 is 0 Å². The van der Waals surface area contributed by atoms with Crippen molar-refractivity contribution in [2.45, 2.75) is 51.9 Å². The van der Waals surface area contributed by atoms with E-state index >= 15 is 0 Å². The van der Waals surface area contributed by atoms with Gasteiger partial charge in [-0.3, -0.25) is 9.59 Å². The Balaban J connectivity index is 0.000000215. The quantitative estimate of drug-likeness (QED) is 0.320. The molecule has 0 saturated carbocycles. The second-order valence-corrected chi connectivity index (χ2v) is 9.35. The van der Waals surface area contributed by atoms with Crippen molar-refractivity contribution in [1.29, 1.82) is 0 Å². The third-order valence-electron chi connectivity index (χ3n) is 5.73. The van der Waals surface area contributed by atoms with Gasteiger partial charge in [0.05, 0.1) is 16.8 Å². The summed E-state index contributed by atoms with van der Waals surface area (Å²) in [4.78, 5) is 22.3. The number of halogens is 5. The number of hydrogen-bond acceptors (Lipinski definition) is 6. The van der Waals surface area contributed by atoms with Crippen LogP contribution in [0.15, 0.2) is 24.3 Å². The smallest absolute Gasteiger partial charge is 0.161 e. The zero-order valence-corrected chi connectivity index (χ0v) is 21.3. The Labute approximate surface area is 213 Å². The summed E-state index contributed by atoms with van der Waals surface area (Å²) in [5.41, 5.74) is -0.505. The number of nitrogens with one attached hydrogen (secondary N) is 3. The van der Waals surface area contributed by atoms with E-state index in [1.54, 1.807) is 4.90 Å². The topological polar surface area (TPSA) is 73.5 Å². The van der Waals surface area contributed by atoms with E-state index in [0.717, 1.165) is 25.2 Å². The van der Waals surface area contributed by atoms with E-state index in [4.69, 9.17) is 0 Å². The van der Waals surface area contributed by atoms with E-state index in [2.05, 4.69) is 29.8 Å². The van der Waals surface area contributed by atoms with Crippen molar-refractivity contribution in [3.8, 4) is 0 Å². The van der Waals surface area contributed by atoms with E-state index in [0.29, 0.717) is 43.6 Å². The Morgan fingerprint density at radius 1 is 0.649 bits per heavy atom. The summed E-state index contributed by atoms with van der Waals surface area (Å²) in [6, 6.07) is 4.62. The molecule has 4 rings (SSSR count). The highest BCUT2D eigenvalue weighted by Gasteiger charge is 2.24. The minimum Gasteiger partial charge on any atom is -0.366 e. The first-order valence-corrected chi connectivity index (χ1v) is 12.0. The predicted octanol–water partition coefficient (Wildman–Crippen LogP) is 3.84. The molecular weight excluding hydrogens is 495 g/mol. The van der Waals surface area contributed by atoms with Gasteiger partial charge in [0.2, 0.25) is 0 Å². The average molecular weight is 529 g/mol. The highest BCUT2D eigenvalue weighted by Crippen LogP contribution is 2.24. The van der Waals surface area contributed by atoms with Gasteiger partial charge in [-0.25, -0.2) is 22.0 Å². The van der Waals surface area contributed by atoms with Crippen LogP contribution in [0.2, 0.25) is 0 Å². The summed E-state index contributed by atoms with van der Waals surface area (Å²) in [7, 11) is 0. The molecule has 4 atom stereocenters. The zero-order chi connectivity index (χ0) is 27.7. The molecule has 3 N–H and O–H groups in total. The normalized spacial score (nSPS) is 23.2. The molecule has 2 aromatic rings. The third-order valence-corrected chi connectivity index (χ3v) is 5.73. The predicted molar refractivity (Wildman–Crippen MR) is 133 cm³/mol. The summed E-state index contributed by atoms with van der Waals surface area (Å²) < 4.78 is 64.2. The van der Waals surface area contributed by atoms with E-state index in [1.807, 2.05) is 13.8 Å². The largest absolute Gasteiger partial charge is 0.366 e. The lowest BCUT2D eigenvalue weighted by Gasteiger charge is -2.37. The van der Waals surface area contributed by atoms with Crippen LogP contribution < -0.4 is 20.9 Å². The van der Waals surface area contributed by atoms with Crippen LogP contribution in [-0.2, 0) is 0 Å². The Kier molecular flexibility index (Phi) is 11.6. The number of rotatable bonds is 3. The lowest BCUT2D eigenvalue weighted by molar-refractivity contribution is 0.111. The molecule has 2 aromatic carbocycles. The molecule has 2 heterocycles. The fraction of sp³-hybridized carbons (Fsp3) is 0.462. The van der Waals surface area contributed by atoms with Gasteiger partial charge in [0, 0.05) is 62.5 Å². The number of piperazine rings is 2. The molecule has 2 fully saturated rings. The molecule has 0 aliphatic carbocycles. The first-order valence-electron chi connectivity index (χ1n) is 12.0. The van der Waals surface area contributed by atoms with Crippen molar-refractivity contribution in [3.05, 3.63) is 64.5 Å². The van der Waals surface area contributed by atoms with Crippen molar-refractivity contribution < 1.29 is 31.5 Å². The maximum atomic E-state index is 13.9. The van der Waals surface area contributed by atoms with Gasteiger partial charge in [-0.05, 0) is 39.8 Å². The number of hydrogen-bond donors (Lipinski definition) is 3. The Morgan fingerprint density at radius 2 is 1.08 bits per heavy atom. The number of aldehydes is 2. The van der Waals surface area contributed by atoms with Gasteiger partial charge in [0.1, 0.15) is 17.5 Å². The van der Waals surface area contributed by atoms with E-state index in [1.165, 1.54) is 0 Å². The highest BCUT2D eigenvalue weighted by atomic mass is 19.2. The van der Waals surface area contributed by atoms with Crippen molar-refractivity contribution in [3.63, 3.8) is 0 Å². The lowest BCUT2D eigenvalue weighted by atomic mass is 10.1. The zero-order valence-electron chi connectivity index (χ0n) is 21.3. The van der Waals surface area contributed by atoms with E-state index in [9.17, 15) is 31.5 Å². The molecular formula is C26H33F5N4O2. The summed E-state index contributed by atoms with van der Waals surface area (Å²) in [6.45, 7) is 11.8. The number of carbonyl (C=O) groups excluding carboxylic acids is 2. The standard InChI is InChI=1S/C13H16F2N2O.C7H3F3O.C6H14N2/c1-8-5-17(6-9(2)16-8)13-4-11(14)10(7-18)3-12(13)15;8-5-2-7(10)6(9)1-4(5)3-11;1-5-3-7-4-6(2)8-5/h3-4,7-9,16H,5-6H2,1-2H3;1-3H;5-8H,3-4H2,1-2H3/t8-,9+;;5-,6+. The SMILES string of the molecule is C[C@@H]1CN(c2cc(F)c(C=O)cc2F)C[C@H](C)N1.C[C@@H]1CNC[C@H](C)N1.O=Cc1cc(F)c(F)cc1F. The summed E-state index contributed by atoms with van der Waals surface area (Å²) in [6.07, 6.45) is 0.447. The Hall–Kier alpha value is -2.89. The van der Waals surface area contributed by atoms with Crippen LogP contribution in [0.25, 0.3) is 0 Å². The van der Waals surface area contributed by atoms with Crippen LogP contribution in [0.1, 0.15) is 48.4 Å². The molecule has 2 aliphatic heterocycles. The van der Waals surface area contributed by atoms with Gasteiger partial charge in [-0.2, -0.15) is 0 Å². The number of benzene rings is 2. The molecule has 11 heteroatoms. The number of carbonyl (C=O) groups is 2. The van der Waals surface area contributed by atoms with Gasteiger partial charge in [0.15, 0.2) is 24.2 Å². The van der Waals surface area contributed by atoms with Crippen LogP contribution in [0.4, 0.5) is 27.6 Å². The van der Waals surface area contributed by atoms with Crippen LogP contribution in [0.3, 0.4) is 0 Å². The van der Waals surface area contributed by atoms with Gasteiger partial charge in [-0.1, -0.05) is 0 Å². The fourth-order valence-corrected chi connectivity index (χ4v) is 4.16. The third kappa shape index (κ3) is 9.17. The van der Waals surface area contributed by atoms with Crippen molar-refractivity contribution in [2.75, 3.05) is 31.1 Å². The molecule has 37 heavy (non-hydrogen) atoms. The number of nitrogens with zero attached hydrogens (tertiary/aromatic N) is 1. The molecule has 2 saturated heterocycles. The minimum atomic E-state index is -1.30. The summed E-state index contributed by atoms with van der Waals surface area (Å²) in [5, 5.41) is 10.1. The molecule has 6 nitrogen and oxygen atoms in total. The van der Waals surface area contributed by atoms with Crippen LogP contribution in [-0.4, -0.2) is 62.9 Å². The Morgan fingerprint density at radius 3 is 1.54 bits per heavy atom. The van der Waals surface area contributed by atoms with Crippen LogP contribution in [0, 0.1) is 29.1 Å². The molecule has 0 spiro atoms. The molecule has 2 aliphatic rings. The average Bonchev–Trinajstić information content (AvgIpc) is 2.82. The number of anilines is 1. The molecule has 0 amide bonds.